The van der Waals surface area contributed by atoms with E-state index in [-0.39, 0.29) is 5.97 Å². The minimum atomic E-state index is -0.330. The highest BCUT2D eigenvalue weighted by atomic mass is 16.5. The molecule has 3 heteroatoms. The normalized spacial score (nSPS) is 8.88. The molecule has 0 saturated carbocycles. The number of Topliss-reactive ketones (excluding diaryl/α,β-unsaturated/α-hetero) is 1. The molecule has 0 aromatic heterocycles. The summed E-state index contributed by atoms with van der Waals surface area (Å²) in [7, 11) is 0. The van der Waals surface area contributed by atoms with E-state index in [1.807, 2.05) is 6.92 Å². The number of carbonyl (C=O) groups is 2. The van der Waals surface area contributed by atoms with Crippen molar-refractivity contribution in [2.24, 2.45) is 0 Å². The van der Waals surface area contributed by atoms with Gasteiger partial charge >= 0.3 is 5.97 Å². The fraction of sp³-hybridized carbons (Fsp3) is 0.714. The van der Waals surface area contributed by atoms with E-state index in [9.17, 15) is 9.59 Å². The summed E-state index contributed by atoms with van der Waals surface area (Å²) in [5.41, 5.74) is 0. The van der Waals surface area contributed by atoms with Crippen molar-refractivity contribution in [1.29, 1.82) is 0 Å². The first kappa shape index (κ1) is 18.3. The molecule has 17 heavy (non-hydrogen) atoms. The molecule has 0 radical (unpaired) electrons. The van der Waals surface area contributed by atoms with Crippen LogP contribution in [0.25, 0.3) is 0 Å². The molecule has 0 aliphatic heterocycles. The summed E-state index contributed by atoms with van der Waals surface area (Å²) in [6, 6.07) is 0. The molecule has 0 amide bonds. The molecule has 100 valence electrons. The van der Waals surface area contributed by atoms with Crippen molar-refractivity contribution >= 4 is 11.8 Å². The second kappa shape index (κ2) is 14.9. The summed E-state index contributed by atoms with van der Waals surface area (Å²) in [6.07, 6.45) is 7.40. The van der Waals surface area contributed by atoms with E-state index < -0.39 is 0 Å². The highest BCUT2D eigenvalue weighted by molar-refractivity contribution is 5.81. The molecule has 0 aromatic carbocycles. The fourth-order valence-electron chi connectivity index (χ4n) is 1.000. The maximum Gasteiger partial charge on any atom is 0.330 e. The Bertz CT molecular complexity index is 210. The largest absolute Gasteiger partial charge is 0.463 e. The van der Waals surface area contributed by atoms with Crippen molar-refractivity contribution in [3.8, 4) is 0 Å². The van der Waals surface area contributed by atoms with Crippen LogP contribution in [0.3, 0.4) is 0 Å². The number of hydrogen-bond donors (Lipinski definition) is 0. The van der Waals surface area contributed by atoms with Crippen LogP contribution in [0.2, 0.25) is 0 Å². The topological polar surface area (TPSA) is 43.4 Å². The van der Waals surface area contributed by atoms with E-state index in [2.05, 4.69) is 18.2 Å². The number of carbonyl (C=O) groups excluding carboxylic acids is 2. The molecule has 0 atom stereocenters. The lowest BCUT2D eigenvalue weighted by atomic mass is 10.2. The Morgan fingerprint density at radius 2 is 1.71 bits per heavy atom. The van der Waals surface area contributed by atoms with Gasteiger partial charge in [-0.15, -0.1) is 0 Å². The first-order valence-electron chi connectivity index (χ1n) is 6.37. The number of hydrogen-bond acceptors (Lipinski definition) is 3. The van der Waals surface area contributed by atoms with Gasteiger partial charge in [0.25, 0.3) is 0 Å². The first-order chi connectivity index (χ1) is 8.08. The summed E-state index contributed by atoms with van der Waals surface area (Å²) >= 11 is 0. The Morgan fingerprint density at radius 3 is 2.12 bits per heavy atom. The second-order valence-corrected chi connectivity index (χ2v) is 3.88. The quantitative estimate of drug-likeness (QED) is 0.370. The molecule has 0 bridgehead atoms. The lowest BCUT2D eigenvalue weighted by Crippen LogP contribution is -2.00. The van der Waals surface area contributed by atoms with Gasteiger partial charge in [-0.2, -0.15) is 0 Å². The number of ether oxygens (including phenoxy) is 1. The molecular weight excluding hydrogens is 216 g/mol. The third kappa shape index (κ3) is 20.9. The minimum Gasteiger partial charge on any atom is -0.463 e. The van der Waals surface area contributed by atoms with E-state index in [0.29, 0.717) is 12.4 Å². The summed E-state index contributed by atoms with van der Waals surface area (Å²) in [5, 5.41) is 0. The van der Waals surface area contributed by atoms with Crippen LogP contribution in [-0.4, -0.2) is 18.4 Å². The summed E-state index contributed by atoms with van der Waals surface area (Å²) in [4.78, 5) is 20.7. The third-order valence-corrected chi connectivity index (χ3v) is 2.04. The van der Waals surface area contributed by atoms with Crippen LogP contribution in [0, 0.1) is 0 Å². The maximum absolute atomic E-state index is 10.3. The van der Waals surface area contributed by atoms with Crippen molar-refractivity contribution in [1.82, 2.24) is 0 Å². The zero-order valence-corrected chi connectivity index (χ0v) is 11.5. The molecule has 0 unspecified atom stereocenters. The van der Waals surface area contributed by atoms with Gasteiger partial charge in [-0.3, -0.25) is 0 Å². The van der Waals surface area contributed by atoms with E-state index >= 15 is 0 Å². The van der Waals surface area contributed by atoms with Gasteiger partial charge in [0.05, 0.1) is 6.61 Å². The molecule has 0 rings (SSSR count). The van der Waals surface area contributed by atoms with E-state index in [0.717, 1.165) is 25.7 Å². The molecule has 0 saturated heterocycles. The van der Waals surface area contributed by atoms with Crippen molar-refractivity contribution in [2.45, 2.75) is 59.3 Å². The van der Waals surface area contributed by atoms with Crippen LogP contribution in [-0.2, 0) is 14.3 Å². The highest BCUT2D eigenvalue weighted by Crippen LogP contribution is 1.98. The Labute approximate surface area is 105 Å². The summed E-state index contributed by atoms with van der Waals surface area (Å²) in [6.45, 7) is 9.61. The van der Waals surface area contributed by atoms with E-state index in [1.165, 1.54) is 18.9 Å². The predicted octanol–water partition coefficient (Wildman–Crippen LogP) is 3.67. The lowest BCUT2D eigenvalue weighted by Gasteiger charge is -1.97. The Balaban J connectivity index is 0. The van der Waals surface area contributed by atoms with Crippen molar-refractivity contribution < 1.29 is 14.3 Å². The van der Waals surface area contributed by atoms with Crippen molar-refractivity contribution in [3.05, 3.63) is 12.7 Å². The predicted molar refractivity (Wildman–Crippen MR) is 70.9 cm³/mol. The maximum atomic E-state index is 10.3. The van der Waals surface area contributed by atoms with Crippen LogP contribution in [0.5, 0.6) is 0 Å². The third-order valence-electron chi connectivity index (χ3n) is 2.04. The molecule has 0 aliphatic carbocycles. The number of esters is 1. The van der Waals surface area contributed by atoms with Gasteiger partial charge in [0.2, 0.25) is 0 Å². The lowest BCUT2D eigenvalue weighted by molar-refractivity contribution is -0.137. The smallest absolute Gasteiger partial charge is 0.330 e. The Kier molecular flexibility index (Phi) is 16.0. The molecular formula is C14H26O3. The van der Waals surface area contributed by atoms with E-state index in [1.54, 1.807) is 6.92 Å². The molecule has 0 N–H and O–H groups in total. The van der Waals surface area contributed by atoms with Gasteiger partial charge in [-0.1, -0.05) is 39.7 Å². The van der Waals surface area contributed by atoms with Gasteiger partial charge in [-0.25, -0.2) is 4.79 Å². The van der Waals surface area contributed by atoms with Crippen LogP contribution >= 0.6 is 0 Å². The van der Waals surface area contributed by atoms with E-state index in [4.69, 9.17) is 0 Å². The van der Waals surface area contributed by atoms with Crippen LogP contribution in [0.1, 0.15) is 59.3 Å². The standard InChI is InChI=1S/C7H12O2.C7H14O/c1-3-5-6-9-7(8)4-2;1-3-4-5-6-7(2)8/h4H,2-3,5-6H2,1H3;3-6H2,1-2H3. The van der Waals surface area contributed by atoms with Crippen molar-refractivity contribution in [2.75, 3.05) is 6.61 Å². The Morgan fingerprint density at radius 1 is 1.12 bits per heavy atom. The molecule has 3 nitrogen and oxygen atoms in total. The Hall–Kier alpha value is -1.12. The van der Waals surface area contributed by atoms with Gasteiger partial charge in [0.15, 0.2) is 0 Å². The van der Waals surface area contributed by atoms with Gasteiger partial charge in [0, 0.05) is 12.5 Å². The number of ketones is 1. The van der Waals surface area contributed by atoms with Gasteiger partial charge in [0.1, 0.15) is 5.78 Å². The SMILES string of the molecule is C=CC(=O)OCCCC.CCCCCC(C)=O. The average Bonchev–Trinajstić information content (AvgIpc) is 2.30. The van der Waals surface area contributed by atoms with Crippen LogP contribution in [0.4, 0.5) is 0 Å². The van der Waals surface area contributed by atoms with Crippen molar-refractivity contribution in [3.63, 3.8) is 0 Å². The molecule has 0 aliphatic rings. The van der Waals surface area contributed by atoms with Gasteiger partial charge in [-0.05, 0) is 19.8 Å². The summed E-state index contributed by atoms with van der Waals surface area (Å²) in [5.74, 6) is -0.0121. The average molecular weight is 242 g/mol. The molecule has 0 aromatic rings. The zero-order valence-electron chi connectivity index (χ0n) is 11.5. The zero-order chi connectivity index (χ0) is 13.5. The second-order valence-electron chi connectivity index (χ2n) is 3.88. The molecule has 0 heterocycles. The minimum absolute atomic E-state index is 0.318. The molecule has 0 fully saturated rings. The van der Waals surface area contributed by atoms with Crippen LogP contribution < -0.4 is 0 Å². The molecule has 0 spiro atoms. The highest BCUT2D eigenvalue weighted by Gasteiger charge is 1.91. The summed E-state index contributed by atoms with van der Waals surface area (Å²) < 4.78 is 4.67. The number of rotatable bonds is 8. The number of unbranched alkanes of at least 4 members (excludes halogenated alkanes) is 3. The fourth-order valence-corrected chi connectivity index (χ4v) is 1.000. The van der Waals surface area contributed by atoms with Crippen LogP contribution in [0.15, 0.2) is 12.7 Å². The monoisotopic (exact) mass is 242 g/mol. The first-order valence-corrected chi connectivity index (χ1v) is 6.37. The van der Waals surface area contributed by atoms with Gasteiger partial charge < -0.3 is 9.53 Å².